The average molecular weight is 317 g/mol. The van der Waals surface area contributed by atoms with Crippen LogP contribution in [-0.4, -0.2) is 12.8 Å². The quantitative estimate of drug-likeness (QED) is 0.674. The van der Waals surface area contributed by atoms with Crippen LogP contribution >= 0.6 is 6.60 Å². The number of hydrogen-bond donors (Lipinski definition) is 0. The van der Waals surface area contributed by atoms with Gasteiger partial charge in [-0.1, -0.05) is 0 Å². The number of nitrogens with zero attached hydrogens (tertiary/aromatic N) is 1. The van der Waals surface area contributed by atoms with E-state index in [0.717, 1.165) is 0 Å². The van der Waals surface area contributed by atoms with E-state index in [-0.39, 0.29) is 0 Å². The fraction of sp³-hybridized carbons (Fsp3) is 0.0952. The molecule has 23 heavy (non-hydrogen) atoms. The van der Waals surface area contributed by atoms with Crippen LogP contribution in [0.2, 0.25) is 0 Å². The second kappa shape index (κ2) is 5.99. The predicted octanol–water partition coefficient (Wildman–Crippen LogP) is 3.67. The van der Waals surface area contributed by atoms with E-state index in [1.54, 1.807) is 0 Å². The summed E-state index contributed by atoms with van der Waals surface area (Å²) in [5, 5.41) is 13.5. The summed E-state index contributed by atoms with van der Waals surface area (Å²) in [4.78, 5) is 0. The molecule has 0 aliphatic heterocycles. The monoisotopic (exact) mass is 317 g/mol. The Kier molecular flexibility index (Phi) is 4.03. The molecule has 0 aliphatic rings. The topological polar surface area (TPSA) is 23.8 Å². The van der Waals surface area contributed by atoms with E-state index in [1.165, 1.54) is 15.9 Å². The first-order chi connectivity index (χ1) is 11.2. The Morgan fingerprint density at radius 1 is 0.652 bits per heavy atom. The van der Waals surface area contributed by atoms with Crippen LogP contribution in [0.3, 0.4) is 0 Å². The van der Waals surface area contributed by atoms with E-state index in [4.69, 9.17) is 0 Å². The fourth-order valence-electron chi connectivity index (χ4n) is 3.39. The van der Waals surface area contributed by atoms with Gasteiger partial charge in [0.2, 0.25) is 0 Å². The molecule has 0 saturated heterocycles. The predicted molar refractivity (Wildman–Crippen MR) is 102 cm³/mol. The molecule has 2 heteroatoms. The summed E-state index contributed by atoms with van der Waals surface area (Å²) in [5.41, 5.74) is 0. The van der Waals surface area contributed by atoms with Gasteiger partial charge < -0.3 is 0 Å². The van der Waals surface area contributed by atoms with E-state index < -0.39 is 6.60 Å². The normalized spacial score (nSPS) is 12.8. The van der Waals surface area contributed by atoms with Crippen molar-refractivity contribution in [3.8, 4) is 6.07 Å². The van der Waals surface area contributed by atoms with E-state index in [1.807, 2.05) is 18.2 Å². The molecule has 0 bridgehead atoms. The van der Waals surface area contributed by atoms with Crippen LogP contribution in [0, 0.1) is 11.3 Å². The Labute approximate surface area is 138 Å². The molecule has 0 fully saturated rings. The molecule has 0 aliphatic carbocycles. The van der Waals surface area contributed by atoms with Crippen LogP contribution in [0.25, 0.3) is 0 Å². The third-order valence-corrected chi connectivity index (χ3v) is 10.9. The van der Waals surface area contributed by atoms with Crippen LogP contribution in [-0.2, 0) is 0 Å². The number of rotatable bonds is 4. The first-order valence-electron chi connectivity index (χ1n) is 7.74. The SMILES string of the molecule is CP(CC#N)(c1ccccc1)(c1ccccc1)c1ccccc1. The van der Waals surface area contributed by atoms with Crippen molar-refractivity contribution < 1.29 is 0 Å². The summed E-state index contributed by atoms with van der Waals surface area (Å²) in [7, 11) is 0. The molecular weight excluding hydrogens is 297 g/mol. The van der Waals surface area contributed by atoms with Gasteiger partial charge in [0.25, 0.3) is 0 Å². The first kappa shape index (κ1) is 15.5. The van der Waals surface area contributed by atoms with E-state index >= 15 is 0 Å². The second-order valence-electron chi connectivity index (χ2n) is 6.12. The molecule has 0 unspecified atom stereocenters. The molecule has 0 heterocycles. The van der Waals surface area contributed by atoms with Crippen molar-refractivity contribution in [1.82, 2.24) is 0 Å². The van der Waals surface area contributed by atoms with Crippen LogP contribution in [0.5, 0.6) is 0 Å². The number of benzene rings is 3. The Hall–Kier alpha value is -2.42. The zero-order valence-corrected chi connectivity index (χ0v) is 14.2. The Morgan fingerprint density at radius 2 is 0.957 bits per heavy atom. The summed E-state index contributed by atoms with van der Waals surface area (Å²) < 4.78 is 0. The molecule has 3 rings (SSSR count). The molecule has 114 valence electrons. The van der Waals surface area contributed by atoms with Crippen LogP contribution in [0.15, 0.2) is 91.0 Å². The van der Waals surface area contributed by atoms with Gasteiger partial charge in [-0.3, -0.25) is 0 Å². The van der Waals surface area contributed by atoms with Crippen molar-refractivity contribution in [2.75, 3.05) is 12.8 Å². The molecule has 0 saturated carbocycles. The third-order valence-electron chi connectivity index (χ3n) is 4.83. The zero-order valence-electron chi connectivity index (χ0n) is 13.3. The zero-order chi connectivity index (χ0) is 16.2. The van der Waals surface area contributed by atoms with E-state index in [2.05, 4.69) is 85.5 Å². The van der Waals surface area contributed by atoms with E-state index in [9.17, 15) is 5.26 Å². The molecule has 3 aromatic carbocycles. The maximum atomic E-state index is 9.73. The van der Waals surface area contributed by atoms with Gasteiger partial charge in [0, 0.05) is 0 Å². The van der Waals surface area contributed by atoms with Crippen molar-refractivity contribution in [2.45, 2.75) is 0 Å². The van der Waals surface area contributed by atoms with Gasteiger partial charge in [-0.2, -0.15) is 0 Å². The number of nitriles is 1. The molecule has 0 spiro atoms. The van der Waals surface area contributed by atoms with Crippen LogP contribution in [0.1, 0.15) is 0 Å². The van der Waals surface area contributed by atoms with Crippen LogP contribution in [0.4, 0.5) is 0 Å². The van der Waals surface area contributed by atoms with Crippen LogP contribution < -0.4 is 15.9 Å². The average Bonchev–Trinajstić information content (AvgIpc) is 2.64. The van der Waals surface area contributed by atoms with Crippen molar-refractivity contribution in [1.29, 1.82) is 5.26 Å². The molecule has 3 aromatic rings. The number of hydrogen-bond acceptors (Lipinski definition) is 1. The van der Waals surface area contributed by atoms with Gasteiger partial charge in [-0.25, -0.2) is 0 Å². The third kappa shape index (κ3) is 2.37. The van der Waals surface area contributed by atoms with Gasteiger partial charge in [0.1, 0.15) is 0 Å². The van der Waals surface area contributed by atoms with Gasteiger partial charge >= 0.3 is 138 Å². The van der Waals surface area contributed by atoms with E-state index in [0.29, 0.717) is 6.16 Å². The molecule has 0 aromatic heterocycles. The van der Waals surface area contributed by atoms with Crippen molar-refractivity contribution in [3.05, 3.63) is 91.0 Å². The molecule has 1 nitrogen and oxygen atoms in total. The Morgan fingerprint density at radius 3 is 1.22 bits per heavy atom. The standard InChI is InChI=1S/C21H20NP/c1-23(18-17-22,19-11-5-2-6-12-19,20-13-7-3-8-14-20)21-15-9-4-10-16-21/h2-16H,18H2,1H3. The van der Waals surface area contributed by atoms with Crippen molar-refractivity contribution >= 4 is 22.5 Å². The summed E-state index contributed by atoms with van der Waals surface area (Å²) in [6, 6.07) is 34.1. The van der Waals surface area contributed by atoms with Gasteiger partial charge in [-0.15, -0.1) is 0 Å². The van der Waals surface area contributed by atoms with Gasteiger partial charge in [0.05, 0.1) is 0 Å². The van der Waals surface area contributed by atoms with Gasteiger partial charge in [-0.05, 0) is 0 Å². The molecule has 0 atom stereocenters. The summed E-state index contributed by atoms with van der Waals surface area (Å²) in [6.07, 6.45) is 0.504. The molecular formula is C21H20NP. The molecule has 0 amide bonds. The summed E-state index contributed by atoms with van der Waals surface area (Å²) in [6.45, 7) is -0.476. The minimum absolute atomic E-state index is 0.504. The van der Waals surface area contributed by atoms with Crippen molar-refractivity contribution in [3.63, 3.8) is 0 Å². The summed E-state index contributed by atoms with van der Waals surface area (Å²) >= 11 is 0. The molecule has 0 radical (unpaired) electrons. The van der Waals surface area contributed by atoms with Gasteiger partial charge in [0.15, 0.2) is 0 Å². The molecule has 0 N–H and O–H groups in total. The summed E-state index contributed by atoms with van der Waals surface area (Å²) in [5.74, 6) is 0. The second-order valence-corrected chi connectivity index (χ2v) is 11.6. The first-order valence-corrected chi connectivity index (χ1v) is 10.6. The Bertz CT molecular complexity index is 721. The maximum absolute atomic E-state index is 9.73. The fourth-order valence-corrected chi connectivity index (χ4v) is 8.13. The minimum atomic E-state index is -2.79. The van der Waals surface area contributed by atoms with Crippen molar-refractivity contribution in [2.24, 2.45) is 0 Å². The Balaban J connectivity index is 2.44.